The first-order valence-corrected chi connectivity index (χ1v) is 16.4. The van der Waals surface area contributed by atoms with Crippen molar-refractivity contribution < 1.29 is 29.6 Å². The first-order chi connectivity index (χ1) is 20.2. The number of amides is 1. The Morgan fingerprint density at radius 2 is 1.60 bits per heavy atom. The fraction of sp³-hybridized carbons (Fsp3) is 0.800. The summed E-state index contributed by atoms with van der Waals surface area (Å²) in [5, 5.41) is 36.2. The van der Waals surface area contributed by atoms with Crippen molar-refractivity contribution in [2.45, 2.75) is 97.2 Å². The summed E-state index contributed by atoms with van der Waals surface area (Å²) in [7, 11) is 7.18. The number of ether oxygens (including phenoxy) is 2. The van der Waals surface area contributed by atoms with E-state index in [0.717, 1.165) is 38.5 Å². The summed E-state index contributed by atoms with van der Waals surface area (Å²) in [4.78, 5) is 15.9. The quantitative estimate of drug-likeness (QED) is 0.356. The molecular formula is C35H54N2O6. The summed E-state index contributed by atoms with van der Waals surface area (Å²) in [6.45, 7) is 9.50. The Hall–Kier alpha value is -2.03. The molecule has 11 atom stereocenters. The van der Waals surface area contributed by atoms with E-state index in [1.165, 1.54) is 39.2 Å². The molecule has 1 amide bonds. The van der Waals surface area contributed by atoms with Crippen LogP contribution in [0.3, 0.4) is 0 Å². The highest BCUT2D eigenvalue weighted by molar-refractivity contribution is 5.95. The van der Waals surface area contributed by atoms with Crippen LogP contribution in [0, 0.1) is 44.8 Å². The van der Waals surface area contributed by atoms with Gasteiger partial charge in [-0.25, -0.2) is 0 Å². The van der Waals surface area contributed by atoms with Crippen molar-refractivity contribution in [2.24, 2.45) is 44.8 Å². The van der Waals surface area contributed by atoms with Crippen LogP contribution in [0.15, 0.2) is 12.1 Å². The van der Waals surface area contributed by atoms with E-state index < -0.39 is 5.41 Å². The summed E-state index contributed by atoms with van der Waals surface area (Å²) in [6.07, 6.45) is 8.23. The maximum atomic E-state index is 13.6. The molecule has 0 aliphatic heterocycles. The summed E-state index contributed by atoms with van der Waals surface area (Å²) < 4.78 is 10.6. The molecular weight excluding hydrogens is 544 g/mol. The Bertz CT molecular complexity index is 1260. The topological polar surface area (TPSA) is 111 Å². The molecule has 0 unspecified atom stereocenters. The van der Waals surface area contributed by atoms with E-state index >= 15 is 0 Å². The molecule has 1 aromatic carbocycles. The molecule has 6 rings (SSSR count). The smallest absolute Gasteiger partial charge is 0.251 e. The Balaban J connectivity index is 1.27. The molecule has 0 heterocycles. The van der Waals surface area contributed by atoms with Gasteiger partial charge in [-0.3, -0.25) is 4.79 Å². The zero-order valence-electron chi connectivity index (χ0n) is 27.5. The lowest BCUT2D eigenvalue weighted by Crippen LogP contribution is -2.62. The van der Waals surface area contributed by atoms with Gasteiger partial charge in [-0.1, -0.05) is 20.8 Å². The second kappa shape index (κ2) is 9.98. The Morgan fingerprint density at radius 3 is 2.19 bits per heavy atom. The maximum absolute atomic E-state index is 13.6. The molecule has 0 saturated heterocycles. The number of nitrogens with zero attached hydrogens (tertiary/aromatic N) is 1. The molecule has 5 fully saturated rings. The van der Waals surface area contributed by atoms with E-state index in [2.05, 4.69) is 52.0 Å². The number of rotatable bonds is 7. The van der Waals surface area contributed by atoms with Crippen LogP contribution in [0.1, 0.15) is 89.4 Å². The highest BCUT2D eigenvalue weighted by atomic mass is 16.5. The van der Waals surface area contributed by atoms with Gasteiger partial charge in [0, 0.05) is 29.0 Å². The number of phenolic OH excluding ortho intramolecular Hbond substituents is 1. The van der Waals surface area contributed by atoms with Gasteiger partial charge in [-0.15, -0.1) is 0 Å². The van der Waals surface area contributed by atoms with Crippen LogP contribution < -0.4 is 14.8 Å². The van der Waals surface area contributed by atoms with Gasteiger partial charge in [-0.2, -0.15) is 0 Å². The molecule has 5 aliphatic rings. The van der Waals surface area contributed by atoms with Gasteiger partial charge in [0.25, 0.3) is 5.91 Å². The van der Waals surface area contributed by atoms with Crippen LogP contribution >= 0.6 is 0 Å². The van der Waals surface area contributed by atoms with Crippen molar-refractivity contribution in [3.05, 3.63) is 17.7 Å². The third-order valence-electron chi connectivity index (χ3n) is 14.7. The standard InChI is InChI=1S/C35H54N2O6/c1-20(37(5)6)28-22(39)17-33(4)26-10-9-25-31(2,19-38)27(11-12-34(25)18-35(26,34)14-13-32(28,33)3)36-30(41)21-15-23(42-7)29(40)24(16-21)43-8/h15-16,20,22,25-28,38-40H,9-14,17-19H2,1-8H3,(H,36,41)/t20-,22+,25+,26-,27-,28-,31+,32+,33-,34+,35-/m0/s1. The molecule has 2 spiro atoms. The zero-order valence-corrected chi connectivity index (χ0v) is 27.5. The highest BCUT2D eigenvalue weighted by Crippen LogP contribution is 2.89. The van der Waals surface area contributed by atoms with E-state index in [1.807, 2.05) is 0 Å². The van der Waals surface area contributed by atoms with Gasteiger partial charge in [0.1, 0.15) is 0 Å². The summed E-state index contributed by atoms with van der Waals surface area (Å²) in [5.41, 5.74) is 0.571. The minimum atomic E-state index is -0.438. The summed E-state index contributed by atoms with van der Waals surface area (Å²) in [6, 6.07) is 3.23. The van der Waals surface area contributed by atoms with Gasteiger partial charge < -0.3 is 35.0 Å². The second-order valence-corrected chi connectivity index (χ2v) is 16.0. The van der Waals surface area contributed by atoms with Crippen LogP contribution in [0.4, 0.5) is 0 Å². The van der Waals surface area contributed by atoms with Crippen molar-refractivity contribution in [3.8, 4) is 17.2 Å². The number of hydrogen-bond acceptors (Lipinski definition) is 7. The molecule has 0 aromatic heterocycles. The third kappa shape index (κ3) is 3.87. The molecule has 8 heteroatoms. The van der Waals surface area contributed by atoms with E-state index in [4.69, 9.17) is 9.47 Å². The number of aliphatic hydroxyl groups excluding tert-OH is 2. The number of benzene rings is 1. The predicted molar refractivity (Wildman–Crippen MR) is 165 cm³/mol. The lowest BCUT2D eigenvalue weighted by molar-refractivity contribution is -0.154. The average Bonchev–Trinajstić information content (AvgIpc) is 3.59. The number of methoxy groups -OCH3 is 2. The largest absolute Gasteiger partial charge is 0.502 e. The zero-order chi connectivity index (χ0) is 31.3. The highest BCUT2D eigenvalue weighted by Gasteiger charge is 2.83. The molecule has 43 heavy (non-hydrogen) atoms. The number of phenols is 1. The number of aliphatic hydroxyl groups is 2. The monoisotopic (exact) mass is 598 g/mol. The van der Waals surface area contributed by atoms with Crippen molar-refractivity contribution in [2.75, 3.05) is 34.9 Å². The van der Waals surface area contributed by atoms with Gasteiger partial charge in [0.15, 0.2) is 11.5 Å². The van der Waals surface area contributed by atoms with Crippen LogP contribution in [-0.2, 0) is 0 Å². The minimum absolute atomic E-state index is 0.0312. The minimum Gasteiger partial charge on any atom is -0.502 e. The van der Waals surface area contributed by atoms with Crippen molar-refractivity contribution in [1.29, 1.82) is 0 Å². The van der Waals surface area contributed by atoms with Crippen molar-refractivity contribution in [3.63, 3.8) is 0 Å². The fourth-order valence-electron chi connectivity index (χ4n) is 12.2. The Kier molecular flexibility index (Phi) is 7.19. The Morgan fingerprint density at radius 1 is 1.00 bits per heavy atom. The Labute approximate surface area is 257 Å². The number of hydrogen-bond donors (Lipinski definition) is 4. The molecule has 8 nitrogen and oxygen atoms in total. The molecule has 5 aliphatic carbocycles. The van der Waals surface area contributed by atoms with Gasteiger partial charge in [0.05, 0.1) is 26.9 Å². The third-order valence-corrected chi connectivity index (χ3v) is 14.7. The fourth-order valence-corrected chi connectivity index (χ4v) is 12.2. The molecule has 5 saturated carbocycles. The molecule has 1 aromatic rings. The molecule has 240 valence electrons. The van der Waals surface area contributed by atoms with E-state index in [-0.39, 0.29) is 69.5 Å². The molecule has 0 radical (unpaired) electrons. The van der Waals surface area contributed by atoms with Gasteiger partial charge >= 0.3 is 0 Å². The maximum Gasteiger partial charge on any atom is 0.251 e. The van der Waals surface area contributed by atoms with Crippen molar-refractivity contribution in [1.82, 2.24) is 10.2 Å². The van der Waals surface area contributed by atoms with Gasteiger partial charge in [-0.05, 0) is 118 Å². The van der Waals surface area contributed by atoms with E-state index in [0.29, 0.717) is 23.4 Å². The lowest BCUT2D eigenvalue weighted by Gasteiger charge is -2.63. The number of carbonyl (C=O) groups is 1. The summed E-state index contributed by atoms with van der Waals surface area (Å²) >= 11 is 0. The predicted octanol–water partition coefficient (Wildman–Crippen LogP) is 4.84. The SMILES string of the molecule is COc1cc(C(=O)N[C@H]2CC[C@]34C[C@]35CC[C@]3(C)[C@@H]([C@H](C)N(C)C)[C@H](O)C[C@@]3(C)[C@@H]5CC[C@@H]4[C@@]2(C)CO)cc(OC)c1O. The van der Waals surface area contributed by atoms with E-state index in [9.17, 15) is 20.1 Å². The first kappa shape index (κ1) is 31.0. The van der Waals surface area contributed by atoms with Crippen LogP contribution in [0.5, 0.6) is 17.2 Å². The normalized spacial score (nSPS) is 45.3. The molecule has 4 N–H and O–H groups in total. The molecule has 0 bridgehead atoms. The second-order valence-electron chi connectivity index (χ2n) is 16.0. The van der Waals surface area contributed by atoms with Crippen LogP contribution in [0.25, 0.3) is 0 Å². The van der Waals surface area contributed by atoms with Gasteiger partial charge in [0.2, 0.25) is 5.75 Å². The number of fused-ring (bicyclic) bond motifs is 2. The summed E-state index contributed by atoms with van der Waals surface area (Å²) in [5.74, 6) is 1.17. The number of aromatic hydroxyl groups is 1. The first-order valence-electron chi connectivity index (χ1n) is 16.4. The van der Waals surface area contributed by atoms with Crippen LogP contribution in [-0.4, -0.2) is 79.2 Å². The van der Waals surface area contributed by atoms with E-state index in [1.54, 1.807) is 0 Å². The van der Waals surface area contributed by atoms with Crippen molar-refractivity contribution >= 4 is 5.91 Å². The average molecular weight is 599 g/mol. The number of nitrogens with one attached hydrogen (secondary N) is 1. The van der Waals surface area contributed by atoms with Crippen LogP contribution in [0.2, 0.25) is 0 Å². The number of carbonyl (C=O) groups excluding carboxylic acids is 1. The lowest BCUT2D eigenvalue weighted by atomic mass is 9.41.